The van der Waals surface area contributed by atoms with E-state index < -0.39 is 11.8 Å². The fraction of sp³-hybridized carbons (Fsp3) is 0.200. The molecule has 7 nitrogen and oxygen atoms in total. The Bertz CT molecular complexity index is 601. The van der Waals surface area contributed by atoms with Crippen LogP contribution < -0.4 is 22.3 Å². The van der Waals surface area contributed by atoms with Crippen LogP contribution in [0.4, 0.5) is 0 Å². The van der Waals surface area contributed by atoms with Gasteiger partial charge in [-0.1, -0.05) is 6.07 Å². The molecule has 5 N–H and O–H groups in total. The van der Waals surface area contributed by atoms with Crippen LogP contribution >= 0.6 is 0 Å². The Kier molecular flexibility index (Phi) is 2.94. The van der Waals surface area contributed by atoms with Gasteiger partial charge >= 0.3 is 5.76 Å². The quantitative estimate of drug-likeness (QED) is 0.530. The largest absolute Gasteiger partial charge is 0.417 e. The van der Waals surface area contributed by atoms with Gasteiger partial charge in [-0.3, -0.25) is 15.2 Å². The van der Waals surface area contributed by atoms with Crippen molar-refractivity contribution in [1.82, 2.24) is 15.8 Å². The highest BCUT2D eigenvalue weighted by Crippen LogP contribution is 2.16. The normalized spacial score (nSPS) is 12.6. The maximum Gasteiger partial charge on any atom is 0.417 e. The van der Waals surface area contributed by atoms with Crippen LogP contribution in [0.1, 0.15) is 11.6 Å². The van der Waals surface area contributed by atoms with E-state index in [1.54, 1.807) is 25.2 Å². The SMILES string of the molecule is CNNC(=O)C(N)c1ccc2oc(=O)[nH]c2c1. The van der Waals surface area contributed by atoms with Gasteiger partial charge in [-0.25, -0.2) is 10.2 Å². The molecule has 0 saturated heterocycles. The zero-order valence-corrected chi connectivity index (χ0v) is 9.11. The number of H-pyrrole nitrogens is 1. The molecule has 0 aliphatic carbocycles. The molecule has 0 spiro atoms. The van der Waals surface area contributed by atoms with Gasteiger partial charge < -0.3 is 10.2 Å². The minimum absolute atomic E-state index is 0.363. The summed E-state index contributed by atoms with van der Waals surface area (Å²) in [6, 6.07) is 4.03. The third-order valence-electron chi connectivity index (χ3n) is 2.33. The highest BCUT2D eigenvalue weighted by molar-refractivity contribution is 5.84. The van der Waals surface area contributed by atoms with Gasteiger partial charge in [0.2, 0.25) is 0 Å². The van der Waals surface area contributed by atoms with E-state index >= 15 is 0 Å². The number of hydrogen-bond acceptors (Lipinski definition) is 5. The molecule has 17 heavy (non-hydrogen) atoms. The molecule has 90 valence electrons. The predicted molar refractivity (Wildman–Crippen MR) is 61.0 cm³/mol. The maximum absolute atomic E-state index is 11.5. The summed E-state index contributed by atoms with van der Waals surface area (Å²) in [4.78, 5) is 25.0. The van der Waals surface area contributed by atoms with Gasteiger partial charge in [-0.15, -0.1) is 0 Å². The first-order chi connectivity index (χ1) is 8.11. The molecule has 0 aliphatic heterocycles. The highest BCUT2D eigenvalue weighted by Gasteiger charge is 2.16. The number of oxazole rings is 1. The van der Waals surface area contributed by atoms with E-state index in [1.807, 2.05) is 0 Å². The van der Waals surface area contributed by atoms with Crippen LogP contribution in [0.25, 0.3) is 11.1 Å². The molecule has 2 aromatic rings. The number of amides is 1. The van der Waals surface area contributed by atoms with Gasteiger partial charge in [0.15, 0.2) is 5.58 Å². The number of nitrogens with two attached hydrogens (primary N) is 1. The molecule has 1 heterocycles. The molecule has 1 amide bonds. The van der Waals surface area contributed by atoms with Crippen LogP contribution in [-0.4, -0.2) is 17.9 Å². The van der Waals surface area contributed by atoms with Gasteiger partial charge in [-0.2, -0.15) is 0 Å². The van der Waals surface area contributed by atoms with Crippen molar-refractivity contribution >= 4 is 17.0 Å². The number of fused-ring (bicyclic) bond motifs is 1. The lowest BCUT2D eigenvalue weighted by atomic mass is 10.1. The van der Waals surface area contributed by atoms with Crippen molar-refractivity contribution in [1.29, 1.82) is 0 Å². The minimum atomic E-state index is -0.815. The fourth-order valence-corrected chi connectivity index (χ4v) is 1.52. The van der Waals surface area contributed by atoms with Crippen molar-refractivity contribution < 1.29 is 9.21 Å². The number of aromatic nitrogens is 1. The summed E-state index contributed by atoms with van der Waals surface area (Å²) in [6.07, 6.45) is 0. The summed E-state index contributed by atoms with van der Waals surface area (Å²) >= 11 is 0. The number of hydrazine groups is 1. The summed E-state index contributed by atoms with van der Waals surface area (Å²) < 4.78 is 4.85. The Hall–Kier alpha value is -2.12. The first kappa shape index (κ1) is 11.4. The number of nitrogens with one attached hydrogen (secondary N) is 3. The molecule has 0 saturated carbocycles. The molecular formula is C10H12N4O3. The molecule has 1 aromatic carbocycles. The average Bonchev–Trinajstić information content (AvgIpc) is 2.67. The Morgan fingerprint density at radius 1 is 1.53 bits per heavy atom. The summed E-state index contributed by atoms with van der Waals surface area (Å²) in [5, 5.41) is 0. The van der Waals surface area contributed by atoms with Crippen molar-refractivity contribution in [3.05, 3.63) is 34.3 Å². The summed E-state index contributed by atoms with van der Waals surface area (Å²) in [5.74, 6) is -0.900. The smallest absolute Gasteiger partial charge is 0.408 e. The Morgan fingerprint density at radius 2 is 2.29 bits per heavy atom. The van der Waals surface area contributed by atoms with Gasteiger partial charge in [0, 0.05) is 7.05 Å². The standard InChI is InChI=1S/C10H12N4O3/c1-12-14-9(15)8(11)5-2-3-7-6(4-5)13-10(16)17-7/h2-4,8,12H,11H2,1H3,(H,13,16)(H,14,15). The maximum atomic E-state index is 11.5. The molecule has 1 aromatic heterocycles. The number of aromatic amines is 1. The van der Waals surface area contributed by atoms with Crippen LogP contribution in [0.2, 0.25) is 0 Å². The van der Waals surface area contributed by atoms with Crippen LogP contribution in [0.5, 0.6) is 0 Å². The summed E-state index contributed by atoms with van der Waals surface area (Å²) in [6.45, 7) is 0. The van der Waals surface area contributed by atoms with E-state index in [4.69, 9.17) is 10.2 Å². The first-order valence-corrected chi connectivity index (χ1v) is 4.97. The molecule has 0 radical (unpaired) electrons. The molecule has 1 unspecified atom stereocenters. The first-order valence-electron chi connectivity index (χ1n) is 4.97. The third kappa shape index (κ3) is 2.19. The van der Waals surface area contributed by atoms with Crippen molar-refractivity contribution in [2.75, 3.05) is 7.05 Å². The van der Waals surface area contributed by atoms with Gasteiger partial charge in [-0.05, 0) is 17.7 Å². The lowest BCUT2D eigenvalue weighted by molar-refractivity contribution is -0.123. The van der Waals surface area contributed by atoms with E-state index in [-0.39, 0.29) is 5.91 Å². The van der Waals surface area contributed by atoms with E-state index in [0.717, 1.165) is 0 Å². The molecule has 1 atom stereocenters. The Balaban J connectivity index is 2.35. The van der Waals surface area contributed by atoms with Crippen LogP contribution in [-0.2, 0) is 4.79 Å². The Labute approximate surface area is 96.0 Å². The molecular weight excluding hydrogens is 224 g/mol. The Morgan fingerprint density at radius 3 is 3.00 bits per heavy atom. The highest BCUT2D eigenvalue weighted by atomic mass is 16.4. The molecule has 0 aliphatic rings. The van der Waals surface area contributed by atoms with Crippen molar-refractivity contribution in [2.24, 2.45) is 5.73 Å². The second-order valence-electron chi connectivity index (χ2n) is 3.49. The zero-order valence-electron chi connectivity index (χ0n) is 9.11. The zero-order chi connectivity index (χ0) is 12.4. The van der Waals surface area contributed by atoms with Crippen molar-refractivity contribution in [2.45, 2.75) is 6.04 Å². The third-order valence-corrected chi connectivity index (χ3v) is 2.33. The van der Waals surface area contributed by atoms with Gasteiger partial charge in [0.1, 0.15) is 6.04 Å². The fourth-order valence-electron chi connectivity index (χ4n) is 1.52. The van der Waals surface area contributed by atoms with Gasteiger partial charge in [0.25, 0.3) is 5.91 Å². The second-order valence-corrected chi connectivity index (χ2v) is 3.49. The van der Waals surface area contributed by atoms with E-state index in [2.05, 4.69) is 15.8 Å². The van der Waals surface area contributed by atoms with Crippen molar-refractivity contribution in [3.63, 3.8) is 0 Å². The number of carbonyl (C=O) groups is 1. The van der Waals surface area contributed by atoms with Crippen molar-refractivity contribution in [3.8, 4) is 0 Å². The predicted octanol–water partition coefficient (Wildman–Crippen LogP) is -0.628. The molecule has 2 rings (SSSR count). The molecule has 7 heteroatoms. The van der Waals surface area contributed by atoms with Crippen LogP contribution in [0.3, 0.4) is 0 Å². The number of rotatable bonds is 3. The van der Waals surface area contributed by atoms with Gasteiger partial charge in [0.05, 0.1) is 5.52 Å². The lowest BCUT2D eigenvalue weighted by Gasteiger charge is -2.11. The van der Waals surface area contributed by atoms with E-state index in [0.29, 0.717) is 16.7 Å². The van der Waals surface area contributed by atoms with Crippen LogP contribution in [0.15, 0.2) is 27.4 Å². The number of benzene rings is 1. The molecule has 0 bridgehead atoms. The van der Waals surface area contributed by atoms with Crippen LogP contribution in [0, 0.1) is 0 Å². The monoisotopic (exact) mass is 236 g/mol. The summed E-state index contributed by atoms with van der Waals surface area (Å²) in [5.41, 5.74) is 12.2. The topological polar surface area (TPSA) is 113 Å². The minimum Gasteiger partial charge on any atom is -0.408 e. The number of carbonyl (C=O) groups excluding carboxylic acids is 1. The second kappa shape index (κ2) is 4.40. The number of hydrogen-bond donors (Lipinski definition) is 4. The van der Waals surface area contributed by atoms with E-state index in [9.17, 15) is 9.59 Å². The summed E-state index contributed by atoms with van der Waals surface area (Å²) in [7, 11) is 1.57. The average molecular weight is 236 g/mol. The lowest BCUT2D eigenvalue weighted by Crippen LogP contribution is -2.40. The van der Waals surface area contributed by atoms with E-state index in [1.165, 1.54) is 0 Å². The molecule has 0 fully saturated rings.